The van der Waals surface area contributed by atoms with Crippen LogP contribution in [0.1, 0.15) is 49.9 Å². The Kier molecular flexibility index (Phi) is 6.88. The number of pyridine rings is 1. The minimum atomic E-state index is -0.625. The Morgan fingerprint density at radius 2 is 1.80 bits per heavy atom. The zero-order valence-electron chi connectivity index (χ0n) is 20.5. The lowest BCUT2D eigenvalue weighted by atomic mass is 9.90. The van der Waals surface area contributed by atoms with Crippen molar-refractivity contribution in [3.8, 4) is 17.1 Å². The lowest BCUT2D eigenvalue weighted by Crippen LogP contribution is -2.54. The van der Waals surface area contributed by atoms with Gasteiger partial charge in [-0.05, 0) is 58.7 Å². The van der Waals surface area contributed by atoms with Gasteiger partial charge < -0.3 is 26.4 Å². The average Bonchev–Trinajstić information content (AvgIpc) is 3.26. The maximum Gasteiger partial charge on any atom is 0.253 e. The van der Waals surface area contributed by atoms with Crippen LogP contribution >= 0.6 is 0 Å². The Morgan fingerprint density at radius 3 is 2.46 bits per heavy atom. The molecule has 3 aromatic rings. The third kappa shape index (κ3) is 5.04. The molecular weight excluding hydrogens is 448 g/mol. The number of nitrogens with one attached hydrogen (secondary N) is 3. The number of nitrogens with zero attached hydrogens (tertiary/aromatic N) is 4. The summed E-state index contributed by atoms with van der Waals surface area (Å²) in [5.74, 6) is 0.409. The van der Waals surface area contributed by atoms with Gasteiger partial charge in [-0.2, -0.15) is 5.10 Å². The van der Waals surface area contributed by atoms with Crippen molar-refractivity contribution in [2.75, 3.05) is 19.9 Å². The van der Waals surface area contributed by atoms with Gasteiger partial charge in [-0.25, -0.2) is 14.5 Å². The Labute approximate surface area is 203 Å². The number of fused-ring (bicyclic) bond motifs is 1. The predicted molar refractivity (Wildman–Crippen MR) is 132 cm³/mol. The number of ether oxygens (including phenoxy) is 1. The molecule has 5 N–H and O–H groups in total. The largest absolute Gasteiger partial charge is 0.481 e. The second-order valence-electron chi connectivity index (χ2n) is 9.31. The van der Waals surface area contributed by atoms with Crippen LogP contribution in [-0.2, 0) is 4.79 Å². The number of methoxy groups -OCH3 is 1. The fourth-order valence-electron chi connectivity index (χ4n) is 4.25. The summed E-state index contributed by atoms with van der Waals surface area (Å²) in [5, 5.41) is 13.6. The molecule has 0 spiro atoms. The average molecular weight is 481 g/mol. The van der Waals surface area contributed by atoms with Crippen molar-refractivity contribution in [2.45, 2.75) is 57.2 Å². The molecule has 0 aliphatic heterocycles. The lowest BCUT2D eigenvalue weighted by Gasteiger charge is -2.32. The number of likely N-dealkylation sites (N-methyl/N-ethyl adjacent to an activating group) is 1. The molecule has 186 valence electrons. The molecule has 0 bridgehead atoms. The van der Waals surface area contributed by atoms with E-state index >= 15 is 0 Å². The molecular formula is C24H32N8O3. The lowest BCUT2D eigenvalue weighted by molar-refractivity contribution is -0.127. The minimum Gasteiger partial charge on any atom is -0.481 e. The number of hydrogen-bond acceptors (Lipinski definition) is 8. The van der Waals surface area contributed by atoms with Crippen molar-refractivity contribution >= 4 is 23.1 Å². The summed E-state index contributed by atoms with van der Waals surface area (Å²) in [6, 6.07) is 5.44. The first kappa shape index (κ1) is 24.4. The van der Waals surface area contributed by atoms with Crippen LogP contribution in [0.2, 0.25) is 0 Å². The highest BCUT2D eigenvalue weighted by molar-refractivity contribution is 6.05. The maximum atomic E-state index is 13.3. The van der Waals surface area contributed by atoms with Crippen molar-refractivity contribution in [1.82, 2.24) is 35.5 Å². The molecule has 0 aromatic carbocycles. The monoisotopic (exact) mass is 480 g/mol. The normalized spacial score (nSPS) is 18.3. The Balaban J connectivity index is 1.50. The van der Waals surface area contributed by atoms with Gasteiger partial charge in [-0.3, -0.25) is 9.59 Å². The van der Waals surface area contributed by atoms with E-state index in [-0.39, 0.29) is 29.7 Å². The molecule has 4 rings (SSSR count). The fourth-order valence-corrected chi connectivity index (χ4v) is 4.25. The molecule has 11 heteroatoms. The Hall–Kier alpha value is -3.73. The van der Waals surface area contributed by atoms with Crippen LogP contribution in [0, 0.1) is 0 Å². The van der Waals surface area contributed by atoms with Crippen molar-refractivity contribution < 1.29 is 14.3 Å². The van der Waals surface area contributed by atoms with Gasteiger partial charge in [0.2, 0.25) is 11.8 Å². The molecule has 11 nitrogen and oxygen atoms in total. The Morgan fingerprint density at radius 1 is 1.11 bits per heavy atom. The summed E-state index contributed by atoms with van der Waals surface area (Å²) >= 11 is 0. The molecule has 3 heterocycles. The standard InChI is InChI=1S/C24H32N8O3/c1-24(2,26-3)23(34)31-16-7-5-15(6-8-16)30-22(33)17-12-18(14-9-10-27-19(11-14)35-4)32-20(17)21(25)28-13-29-32/h9-13,15-16,26H,5-8H2,1-4H3,(H,30,33)(H,31,34)(H2,25,28,29). The number of anilines is 1. The van der Waals surface area contributed by atoms with Crippen LogP contribution in [-0.4, -0.2) is 63.2 Å². The molecule has 35 heavy (non-hydrogen) atoms. The first-order chi connectivity index (χ1) is 16.7. The van der Waals surface area contributed by atoms with Gasteiger partial charge in [0.15, 0.2) is 5.82 Å². The molecule has 1 aliphatic carbocycles. The summed E-state index contributed by atoms with van der Waals surface area (Å²) in [7, 11) is 3.31. The van der Waals surface area contributed by atoms with Crippen LogP contribution < -0.4 is 26.4 Å². The predicted octanol–water partition coefficient (Wildman–Crippen LogP) is 1.54. The number of carbonyl (C=O) groups is 2. The number of aromatic nitrogens is 4. The molecule has 2 amide bonds. The van der Waals surface area contributed by atoms with Crippen LogP contribution in [0.4, 0.5) is 5.82 Å². The summed E-state index contributed by atoms with van der Waals surface area (Å²) < 4.78 is 6.85. The maximum absolute atomic E-state index is 13.3. The summed E-state index contributed by atoms with van der Waals surface area (Å²) in [6.45, 7) is 3.70. The van der Waals surface area contributed by atoms with Gasteiger partial charge in [-0.15, -0.1) is 0 Å². The van der Waals surface area contributed by atoms with Crippen molar-refractivity contribution in [3.05, 3.63) is 36.3 Å². The molecule has 1 fully saturated rings. The van der Waals surface area contributed by atoms with E-state index in [4.69, 9.17) is 10.5 Å². The van der Waals surface area contributed by atoms with Gasteiger partial charge in [0.1, 0.15) is 11.8 Å². The highest BCUT2D eigenvalue weighted by atomic mass is 16.5. The number of nitrogen functional groups attached to an aromatic ring is 1. The van der Waals surface area contributed by atoms with Crippen molar-refractivity contribution in [1.29, 1.82) is 0 Å². The first-order valence-electron chi connectivity index (χ1n) is 11.7. The van der Waals surface area contributed by atoms with E-state index in [1.54, 1.807) is 37.0 Å². The highest BCUT2D eigenvalue weighted by Gasteiger charge is 2.30. The van der Waals surface area contributed by atoms with Crippen LogP contribution in [0.3, 0.4) is 0 Å². The summed E-state index contributed by atoms with van der Waals surface area (Å²) in [6.07, 6.45) is 6.11. The van der Waals surface area contributed by atoms with Crippen LogP contribution in [0.25, 0.3) is 16.8 Å². The zero-order chi connectivity index (χ0) is 25.2. The number of nitrogens with two attached hydrogens (primary N) is 1. The number of carbonyl (C=O) groups excluding carboxylic acids is 2. The molecule has 3 aromatic heterocycles. The number of rotatable bonds is 7. The quantitative estimate of drug-likeness (QED) is 0.398. The van der Waals surface area contributed by atoms with E-state index in [1.807, 2.05) is 19.9 Å². The van der Waals surface area contributed by atoms with E-state index in [0.29, 0.717) is 22.7 Å². The van der Waals surface area contributed by atoms with Gasteiger partial charge >= 0.3 is 0 Å². The highest BCUT2D eigenvalue weighted by Crippen LogP contribution is 2.29. The van der Waals surface area contributed by atoms with E-state index in [1.165, 1.54) is 6.33 Å². The number of hydrogen-bond donors (Lipinski definition) is 4. The van der Waals surface area contributed by atoms with Gasteiger partial charge in [0.25, 0.3) is 5.91 Å². The third-order valence-electron chi connectivity index (χ3n) is 6.66. The van der Waals surface area contributed by atoms with E-state index in [2.05, 4.69) is 31.0 Å². The second kappa shape index (κ2) is 9.87. The molecule has 0 unspecified atom stereocenters. The number of amides is 2. The SMILES string of the molecule is CNC(C)(C)C(=O)NC1CCC(NC(=O)c2cc(-c3ccnc(OC)c3)n3ncnc(N)c23)CC1. The smallest absolute Gasteiger partial charge is 0.253 e. The third-order valence-corrected chi connectivity index (χ3v) is 6.66. The molecule has 0 radical (unpaired) electrons. The second-order valence-corrected chi connectivity index (χ2v) is 9.31. The van der Waals surface area contributed by atoms with Crippen molar-refractivity contribution in [2.24, 2.45) is 0 Å². The topological polar surface area (TPSA) is 149 Å². The van der Waals surface area contributed by atoms with Crippen LogP contribution in [0.15, 0.2) is 30.7 Å². The van der Waals surface area contributed by atoms with Gasteiger partial charge in [0, 0.05) is 29.9 Å². The molecule has 1 aliphatic rings. The van der Waals surface area contributed by atoms with Gasteiger partial charge in [0.05, 0.1) is 23.9 Å². The minimum absolute atomic E-state index is 0.00163. The fraction of sp³-hybridized carbons (Fsp3) is 0.458. The van der Waals surface area contributed by atoms with E-state index < -0.39 is 5.54 Å². The molecule has 0 saturated heterocycles. The molecule has 1 saturated carbocycles. The van der Waals surface area contributed by atoms with E-state index in [0.717, 1.165) is 31.2 Å². The molecule has 0 atom stereocenters. The zero-order valence-corrected chi connectivity index (χ0v) is 20.5. The summed E-state index contributed by atoms with van der Waals surface area (Å²) in [5.41, 5.74) is 7.84. The van der Waals surface area contributed by atoms with E-state index in [9.17, 15) is 9.59 Å². The van der Waals surface area contributed by atoms with Crippen molar-refractivity contribution in [3.63, 3.8) is 0 Å². The van der Waals surface area contributed by atoms with Gasteiger partial charge in [-0.1, -0.05) is 0 Å². The summed E-state index contributed by atoms with van der Waals surface area (Å²) in [4.78, 5) is 34.0. The van der Waals surface area contributed by atoms with Crippen LogP contribution in [0.5, 0.6) is 5.88 Å². The Bertz CT molecular complexity index is 1230. The first-order valence-corrected chi connectivity index (χ1v) is 11.7.